The van der Waals surface area contributed by atoms with Crippen LogP contribution >= 0.6 is 12.4 Å². The molecule has 1 rings (SSSR count). The van der Waals surface area contributed by atoms with Crippen molar-refractivity contribution in [3.63, 3.8) is 0 Å². The van der Waals surface area contributed by atoms with E-state index in [0.29, 0.717) is 6.54 Å². The Kier molecular flexibility index (Phi) is 9.14. The van der Waals surface area contributed by atoms with Crippen molar-refractivity contribution in [1.29, 1.82) is 0 Å². The minimum Gasteiger partial charge on any atom is -0.497 e. The average molecular weight is 329 g/mol. The molecule has 0 spiro atoms. The van der Waals surface area contributed by atoms with E-state index in [1.54, 1.807) is 7.11 Å². The quantitative estimate of drug-likeness (QED) is 0.837. The van der Waals surface area contributed by atoms with E-state index in [9.17, 15) is 4.79 Å². The monoisotopic (exact) mass is 328 g/mol. The van der Waals surface area contributed by atoms with Crippen molar-refractivity contribution in [2.45, 2.75) is 46.2 Å². The number of hydrogen-bond acceptors (Lipinski definition) is 3. The minimum absolute atomic E-state index is 0. The van der Waals surface area contributed by atoms with E-state index >= 15 is 0 Å². The van der Waals surface area contributed by atoms with Crippen LogP contribution in [0, 0.1) is 5.92 Å². The van der Waals surface area contributed by atoms with E-state index in [4.69, 9.17) is 10.5 Å². The van der Waals surface area contributed by atoms with Crippen molar-refractivity contribution in [2.24, 2.45) is 11.7 Å². The zero-order valence-electron chi connectivity index (χ0n) is 14.2. The molecule has 1 aromatic rings. The van der Waals surface area contributed by atoms with Gasteiger partial charge in [-0.05, 0) is 44.9 Å². The summed E-state index contributed by atoms with van der Waals surface area (Å²) < 4.78 is 5.16. The average Bonchev–Trinajstić information content (AvgIpc) is 2.47. The molecule has 5 heteroatoms. The largest absolute Gasteiger partial charge is 0.497 e. The molecule has 0 aromatic heterocycles. The highest BCUT2D eigenvalue weighted by Gasteiger charge is 2.25. The first-order valence-corrected chi connectivity index (χ1v) is 7.59. The molecule has 0 aliphatic heterocycles. The molecule has 0 radical (unpaired) electrons. The maximum absolute atomic E-state index is 12.5. The second-order valence-corrected chi connectivity index (χ2v) is 5.67. The molecule has 0 heterocycles. The van der Waals surface area contributed by atoms with Crippen LogP contribution in [0.1, 0.15) is 33.3 Å². The predicted octanol–water partition coefficient (Wildman–Crippen LogP) is 2.88. The fourth-order valence-electron chi connectivity index (χ4n) is 2.38. The van der Waals surface area contributed by atoms with Crippen molar-refractivity contribution in [3.05, 3.63) is 29.8 Å². The van der Waals surface area contributed by atoms with Gasteiger partial charge >= 0.3 is 0 Å². The van der Waals surface area contributed by atoms with Gasteiger partial charge in [0, 0.05) is 18.6 Å². The Balaban J connectivity index is 0.00000441. The minimum atomic E-state index is -0.150. The summed E-state index contributed by atoms with van der Waals surface area (Å²) in [6.07, 6.45) is 0.829. The van der Waals surface area contributed by atoms with Gasteiger partial charge in [-0.15, -0.1) is 12.4 Å². The molecular formula is C17H29ClN2O2. The molecule has 22 heavy (non-hydrogen) atoms. The van der Waals surface area contributed by atoms with E-state index in [1.807, 2.05) is 49.9 Å². The van der Waals surface area contributed by atoms with Crippen LogP contribution in [-0.2, 0) is 11.2 Å². The number of benzene rings is 1. The number of carbonyl (C=O) groups is 1. The third kappa shape index (κ3) is 5.50. The molecule has 3 unspecified atom stereocenters. The molecule has 126 valence electrons. The van der Waals surface area contributed by atoms with Gasteiger partial charge in [0.15, 0.2) is 0 Å². The Morgan fingerprint density at radius 3 is 2.18 bits per heavy atom. The van der Waals surface area contributed by atoms with E-state index < -0.39 is 0 Å². The molecule has 2 N–H and O–H groups in total. The number of amides is 1. The number of likely N-dealkylation sites (N-methyl/N-ethyl adjacent to an activating group) is 1. The van der Waals surface area contributed by atoms with E-state index in [0.717, 1.165) is 12.2 Å². The van der Waals surface area contributed by atoms with Crippen LogP contribution in [0.25, 0.3) is 0 Å². The first kappa shape index (κ1) is 20.7. The van der Waals surface area contributed by atoms with Gasteiger partial charge in [-0.2, -0.15) is 0 Å². The Bertz CT molecular complexity index is 448. The van der Waals surface area contributed by atoms with Crippen LogP contribution in [0.4, 0.5) is 0 Å². The number of nitrogens with two attached hydrogens (primary N) is 1. The summed E-state index contributed by atoms with van der Waals surface area (Å²) in [6.45, 7) is 8.57. The normalized spacial score (nSPS) is 14.5. The fourth-order valence-corrected chi connectivity index (χ4v) is 2.38. The second-order valence-electron chi connectivity index (χ2n) is 5.67. The molecule has 0 bridgehead atoms. The highest BCUT2D eigenvalue weighted by atomic mass is 35.5. The highest BCUT2D eigenvalue weighted by Crippen LogP contribution is 2.16. The maximum Gasteiger partial charge on any atom is 0.227 e. The number of methoxy groups -OCH3 is 1. The van der Waals surface area contributed by atoms with Gasteiger partial charge in [-0.1, -0.05) is 19.1 Å². The summed E-state index contributed by atoms with van der Waals surface area (Å²) in [5.74, 6) is 0.831. The van der Waals surface area contributed by atoms with Gasteiger partial charge in [0.05, 0.1) is 13.0 Å². The number of nitrogens with zero attached hydrogens (tertiary/aromatic N) is 1. The van der Waals surface area contributed by atoms with E-state index in [1.165, 1.54) is 5.56 Å². The van der Waals surface area contributed by atoms with Crippen molar-refractivity contribution in [2.75, 3.05) is 13.7 Å². The molecule has 4 nitrogen and oxygen atoms in total. The smallest absolute Gasteiger partial charge is 0.227 e. The van der Waals surface area contributed by atoms with Crippen LogP contribution in [0.5, 0.6) is 5.75 Å². The summed E-state index contributed by atoms with van der Waals surface area (Å²) in [6, 6.07) is 8.01. The summed E-state index contributed by atoms with van der Waals surface area (Å²) in [5.41, 5.74) is 7.05. The Hall–Kier alpha value is -1.26. The third-order valence-electron chi connectivity index (χ3n) is 4.02. The highest BCUT2D eigenvalue weighted by molar-refractivity contribution is 5.85. The second kappa shape index (κ2) is 9.70. The van der Waals surface area contributed by atoms with E-state index in [2.05, 4.69) is 6.92 Å². The lowest BCUT2D eigenvalue weighted by Gasteiger charge is -2.31. The Morgan fingerprint density at radius 2 is 1.77 bits per heavy atom. The zero-order chi connectivity index (χ0) is 16.0. The summed E-state index contributed by atoms with van der Waals surface area (Å²) in [7, 11) is 1.66. The number of hydrogen-bond donors (Lipinski definition) is 1. The molecule has 0 aliphatic carbocycles. The topological polar surface area (TPSA) is 55.6 Å². The maximum atomic E-state index is 12.5. The van der Waals surface area contributed by atoms with Gasteiger partial charge in [0.2, 0.25) is 5.91 Å². The van der Waals surface area contributed by atoms with Gasteiger partial charge in [-0.25, -0.2) is 0 Å². The number of ether oxygens (including phenoxy) is 1. The lowest BCUT2D eigenvalue weighted by molar-refractivity contribution is -0.137. The molecule has 1 amide bonds. The molecular weight excluding hydrogens is 300 g/mol. The van der Waals surface area contributed by atoms with Crippen LogP contribution in [-0.4, -0.2) is 36.5 Å². The van der Waals surface area contributed by atoms with Gasteiger partial charge < -0.3 is 15.4 Å². The summed E-state index contributed by atoms with van der Waals surface area (Å²) in [5, 5.41) is 0. The molecule has 3 atom stereocenters. The van der Waals surface area contributed by atoms with E-state index in [-0.39, 0.29) is 36.3 Å². The van der Waals surface area contributed by atoms with Crippen LogP contribution in [0.2, 0.25) is 0 Å². The number of halogens is 1. The van der Waals surface area contributed by atoms with Crippen molar-refractivity contribution in [1.82, 2.24) is 4.90 Å². The van der Waals surface area contributed by atoms with Crippen molar-refractivity contribution in [3.8, 4) is 5.75 Å². The van der Waals surface area contributed by atoms with Crippen LogP contribution in [0.15, 0.2) is 24.3 Å². The summed E-state index contributed by atoms with van der Waals surface area (Å²) >= 11 is 0. The SMILES string of the molecule is CCN(C(=O)C(C)C(C)N)C(C)Cc1ccc(OC)cc1.Cl. The standard InChI is InChI=1S/C17H28N2O2.ClH/c1-6-19(17(20)13(3)14(4)18)12(2)11-15-7-9-16(21-5)10-8-15;/h7-10,12-14H,6,11,18H2,1-5H3;1H. The predicted molar refractivity (Wildman–Crippen MR) is 93.6 cm³/mol. The van der Waals surface area contributed by atoms with Crippen molar-refractivity contribution < 1.29 is 9.53 Å². The Labute approximate surface area is 140 Å². The molecule has 0 fully saturated rings. The van der Waals surface area contributed by atoms with Crippen molar-refractivity contribution >= 4 is 18.3 Å². The lowest BCUT2D eigenvalue weighted by atomic mass is 10.00. The molecule has 0 saturated heterocycles. The number of rotatable bonds is 7. The lowest BCUT2D eigenvalue weighted by Crippen LogP contribution is -2.46. The summed E-state index contributed by atoms with van der Waals surface area (Å²) in [4.78, 5) is 14.4. The van der Waals surface area contributed by atoms with Crippen LogP contribution in [0.3, 0.4) is 0 Å². The fraction of sp³-hybridized carbons (Fsp3) is 0.588. The van der Waals surface area contributed by atoms with Gasteiger partial charge in [0.1, 0.15) is 5.75 Å². The zero-order valence-corrected chi connectivity index (χ0v) is 15.0. The van der Waals surface area contributed by atoms with Gasteiger partial charge in [-0.3, -0.25) is 4.79 Å². The van der Waals surface area contributed by atoms with Crippen LogP contribution < -0.4 is 10.5 Å². The molecule has 0 saturated carbocycles. The number of carbonyl (C=O) groups excluding carboxylic acids is 1. The Morgan fingerprint density at radius 1 is 1.23 bits per heavy atom. The molecule has 0 aliphatic rings. The first-order chi connectivity index (χ1) is 9.90. The first-order valence-electron chi connectivity index (χ1n) is 7.59. The molecule has 1 aromatic carbocycles. The third-order valence-corrected chi connectivity index (χ3v) is 4.02. The van der Waals surface area contributed by atoms with Gasteiger partial charge in [0.25, 0.3) is 0 Å².